The zero-order chi connectivity index (χ0) is 18.8. The van der Waals surface area contributed by atoms with Gasteiger partial charge in [-0.2, -0.15) is 5.10 Å². The molecule has 0 aliphatic carbocycles. The van der Waals surface area contributed by atoms with Crippen LogP contribution in [0.5, 0.6) is 0 Å². The highest BCUT2D eigenvalue weighted by Crippen LogP contribution is 2.20. The van der Waals surface area contributed by atoms with Crippen LogP contribution in [0, 0.1) is 19.7 Å². The Morgan fingerprint density at radius 2 is 1.78 bits per heavy atom. The number of halogens is 1. The molecule has 0 saturated heterocycles. The summed E-state index contributed by atoms with van der Waals surface area (Å²) in [5, 5.41) is 5.42. The molecule has 0 amide bonds. The predicted octanol–water partition coefficient (Wildman–Crippen LogP) is 5.23. The van der Waals surface area contributed by atoms with Gasteiger partial charge in [0.2, 0.25) is 0 Å². The first kappa shape index (κ1) is 17.0. The summed E-state index contributed by atoms with van der Waals surface area (Å²) >= 11 is 0. The highest BCUT2D eigenvalue weighted by Gasteiger charge is 2.09. The maximum absolute atomic E-state index is 13.2. The zero-order valence-electron chi connectivity index (χ0n) is 15.1. The SMILES string of the molecule is Cc1cc(/C=N\Nc2ccc3ccccc3n2)c(C)n1-c1ccc(F)cc1. The number of aryl methyl sites for hydroxylation is 1. The molecule has 4 nitrogen and oxygen atoms in total. The highest BCUT2D eigenvalue weighted by molar-refractivity contribution is 5.83. The molecule has 0 saturated carbocycles. The normalized spacial score (nSPS) is 11.4. The number of hydrazone groups is 1. The Hall–Kier alpha value is -3.47. The fraction of sp³-hybridized carbons (Fsp3) is 0.0909. The molecule has 0 bridgehead atoms. The Morgan fingerprint density at radius 1 is 1.00 bits per heavy atom. The van der Waals surface area contributed by atoms with Gasteiger partial charge in [-0.15, -0.1) is 0 Å². The van der Waals surface area contributed by atoms with Crippen molar-refractivity contribution in [2.45, 2.75) is 13.8 Å². The van der Waals surface area contributed by atoms with Gasteiger partial charge >= 0.3 is 0 Å². The smallest absolute Gasteiger partial charge is 0.146 e. The summed E-state index contributed by atoms with van der Waals surface area (Å²) in [6.45, 7) is 4.04. The van der Waals surface area contributed by atoms with Gasteiger partial charge in [0.15, 0.2) is 0 Å². The molecule has 1 N–H and O–H groups in total. The van der Waals surface area contributed by atoms with Gasteiger partial charge in [0.1, 0.15) is 11.6 Å². The van der Waals surface area contributed by atoms with Crippen LogP contribution >= 0.6 is 0 Å². The van der Waals surface area contributed by atoms with Crippen LogP contribution in [0.25, 0.3) is 16.6 Å². The lowest BCUT2D eigenvalue weighted by Gasteiger charge is -2.09. The van der Waals surface area contributed by atoms with Crippen molar-refractivity contribution in [2.75, 3.05) is 5.43 Å². The predicted molar refractivity (Wildman–Crippen MR) is 108 cm³/mol. The van der Waals surface area contributed by atoms with E-state index in [1.807, 2.05) is 50.2 Å². The Labute approximate surface area is 157 Å². The van der Waals surface area contributed by atoms with Crippen LogP contribution in [0.3, 0.4) is 0 Å². The van der Waals surface area contributed by atoms with E-state index in [0.717, 1.165) is 33.5 Å². The first-order valence-corrected chi connectivity index (χ1v) is 8.71. The summed E-state index contributed by atoms with van der Waals surface area (Å²) in [7, 11) is 0. The molecule has 2 aromatic carbocycles. The van der Waals surface area contributed by atoms with Crippen molar-refractivity contribution >= 4 is 22.9 Å². The van der Waals surface area contributed by atoms with Crippen molar-refractivity contribution in [1.82, 2.24) is 9.55 Å². The largest absolute Gasteiger partial charge is 0.318 e. The molecule has 5 heteroatoms. The second-order valence-corrected chi connectivity index (χ2v) is 6.40. The molecule has 0 unspecified atom stereocenters. The van der Waals surface area contributed by atoms with Gasteiger partial charge in [0.05, 0.1) is 11.7 Å². The summed E-state index contributed by atoms with van der Waals surface area (Å²) in [5.41, 5.74) is 7.93. The third kappa shape index (κ3) is 3.44. The standard InChI is InChI=1S/C22H19FN4/c1-15-13-18(16(2)27(15)20-10-8-19(23)9-11-20)14-24-26-22-12-7-17-5-3-4-6-21(17)25-22/h3-14H,1-2H3,(H,25,26)/b24-14-. The van der Waals surface area contributed by atoms with Gasteiger partial charge in [-0.3, -0.25) is 5.43 Å². The number of pyridine rings is 1. The molecule has 4 aromatic rings. The van der Waals surface area contributed by atoms with Crippen LogP contribution < -0.4 is 5.43 Å². The Bertz CT molecular complexity index is 1130. The third-order valence-electron chi connectivity index (χ3n) is 4.54. The van der Waals surface area contributed by atoms with E-state index in [-0.39, 0.29) is 5.82 Å². The van der Waals surface area contributed by atoms with Gasteiger partial charge in [-0.25, -0.2) is 9.37 Å². The van der Waals surface area contributed by atoms with Crippen LogP contribution in [0.4, 0.5) is 10.2 Å². The summed E-state index contributed by atoms with van der Waals surface area (Å²) in [4.78, 5) is 4.54. The molecule has 0 radical (unpaired) electrons. The van der Waals surface area contributed by atoms with E-state index in [2.05, 4.69) is 26.1 Å². The number of aromatic nitrogens is 2. The zero-order valence-corrected chi connectivity index (χ0v) is 15.1. The van der Waals surface area contributed by atoms with Gasteiger partial charge in [-0.05, 0) is 62.4 Å². The minimum Gasteiger partial charge on any atom is -0.318 e. The first-order chi connectivity index (χ1) is 13.1. The molecular weight excluding hydrogens is 339 g/mol. The first-order valence-electron chi connectivity index (χ1n) is 8.71. The number of benzene rings is 2. The van der Waals surface area contributed by atoms with Crippen molar-refractivity contribution in [2.24, 2.45) is 5.10 Å². The minimum atomic E-state index is -0.241. The average molecular weight is 358 g/mol. The number of hydrogen-bond acceptors (Lipinski definition) is 3. The number of rotatable bonds is 4. The van der Waals surface area contributed by atoms with Gasteiger partial charge in [0, 0.05) is 28.0 Å². The topological polar surface area (TPSA) is 42.2 Å². The maximum Gasteiger partial charge on any atom is 0.146 e. The lowest BCUT2D eigenvalue weighted by atomic mass is 10.2. The number of anilines is 1. The van der Waals surface area contributed by atoms with E-state index in [1.54, 1.807) is 18.3 Å². The quantitative estimate of drug-likeness (QED) is 0.401. The number of hydrogen-bond donors (Lipinski definition) is 1. The fourth-order valence-corrected chi connectivity index (χ4v) is 3.20. The average Bonchev–Trinajstić information content (AvgIpc) is 2.96. The highest BCUT2D eigenvalue weighted by atomic mass is 19.1. The second-order valence-electron chi connectivity index (χ2n) is 6.40. The van der Waals surface area contributed by atoms with E-state index in [1.165, 1.54) is 12.1 Å². The molecule has 0 atom stereocenters. The lowest BCUT2D eigenvalue weighted by molar-refractivity contribution is 0.627. The molecule has 0 aliphatic heterocycles. The van der Waals surface area contributed by atoms with Crippen molar-refractivity contribution < 1.29 is 4.39 Å². The van der Waals surface area contributed by atoms with E-state index in [0.29, 0.717) is 5.82 Å². The van der Waals surface area contributed by atoms with E-state index in [4.69, 9.17) is 0 Å². The van der Waals surface area contributed by atoms with E-state index >= 15 is 0 Å². The number of nitrogens with zero attached hydrogens (tertiary/aromatic N) is 3. The summed E-state index contributed by atoms with van der Waals surface area (Å²) in [6, 6.07) is 20.4. The van der Waals surface area contributed by atoms with Crippen molar-refractivity contribution in [3.63, 3.8) is 0 Å². The van der Waals surface area contributed by atoms with Gasteiger partial charge in [-0.1, -0.05) is 18.2 Å². The monoisotopic (exact) mass is 358 g/mol. The molecule has 0 fully saturated rings. The Balaban J connectivity index is 1.57. The number of para-hydroxylation sites is 1. The molecular formula is C22H19FN4. The summed E-state index contributed by atoms with van der Waals surface area (Å²) in [5.74, 6) is 0.451. The van der Waals surface area contributed by atoms with Gasteiger partial charge in [0.25, 0.3) is 0 Å². The number of fused-ring (bicyclic) bond motifs is 1. The summed E-state index contributed by atoms with van der Waals surface area (Å²) < 4.78 is 15.3. The van der Waals surface area contributed by atoms with Crippen molar-refractivity contribution in [3.05, 3.63) is 89.5 Å². The third-order valence-corrected chi connectivity index (χ3v) is 4.54. The number of nitrogens with one attached hydrogen (secondary N) is 1. The fourth-order valence-electron chi connectivity index (χ4n) is 3.20. The minimum absolute atomic E-state index is 0.241. The van der Waals surface area contributed by atoms with E-state index in [9.17, 15) is 4.39 Å². The summed E-state index contributed by atoms with van der Waals surface area (Å²) in [6.07, 6.45) is 1.78. The van der Waals surface area contributed by atoms with Crippen LogP contribution in [-0.2, 0) is 0 Å². The molecule has 0 aliphatic rings. The molecule has 27 heavy (non-hydrogen) atoms. The van der Waals surface area contributed by atoms with Crippen LogP contribution in [-0.4, -0.2) is 15.8 Å². The van der Waals surface area contributed by atoms with Crippen molar-refractivity contribution in [1.29, 1.82) is 0 Å². The van der Waals surface area contributed by atoms with Crippen LogP contribution in [0.2, 0.25) is 0 Å². The molecule has 0 spiro atoms. The second kappa shape index (κ2) is 7.03. The van der Waals surface area contributed by atoms with E-state index < -0.39 is 0 Å². The Morgan fingerprint density at radius 3 is 2.59 bits per heavy atom. The maximum atomic E-state index is 13.2. The molecule has 134 valence electrons. The molecule has 2 heterocycles. The van der Waals surface area contributed by atoms with Crippen LogP contribution in [0.1, 0.15) is 17.0 Å². The molecule has 2 aromatic heterocycles. The van der Waals surface area contributed by atoms with Crippen molar-refractivity contribution in [3.8, 4) is 5.69 Å². The lowest BCUT2D eigenvalue weighted by Crippen LogP contribution is -2.00. The molecule has 4 rings (SSSR count). The Kier molecular flexibility index (Phi) is 4.42. The van der Waals surface area contributed by atoms with Crippen LogP contribution in [0.15, 0.2) is 71.8 Å². The van der Waals surface area contributed by atoms with Gasteiger partial charge < -0.3 is 4.57 Å².